The molecule has 0 aliphatic carbocycles. The first-order chi connectivity index (χ1) is 15.9. The Morgan fingerprint density at radius 2 is 1.82 bits per heavy atom. The van der Waals surface area contributed by atoms with Crippen LogP contribution < -0.4 is 5.32 Å². The van der Waals surface area contributed by atoms with Crippen molar-refractivity contribution in [2.24, 2.45) is 0 Å². The Bertz CT molecular complexity index is 1580. The summed E-state index contributed by atoms with van der Waals surface area (Å²) in [6.45, 7) is 1.63. The van der Waals surface area contributed by atoms with Crippen LogP contribution in [-0.4, -0.2) is 46.0 Å². The molecule has 0 aliphatic heterocycles. The third-order valence-corrected chi connectivity index (χ3v) is 7.24. The van der Waals surface area contributed by atoms with E-state index in [0.29, 0.717) is 11.5 Å². The molecule has 0 amide bonds. The van der Waals surface area contributed by atoms with Gasteiger partial charge in [-0.05, 0) is 61.0 Å². The van der Waals surface area contributed by atoms with Gasteiger partial charge in [-0.3, -0.25) is 10.1 Å². The number of rotatable bonds is 6. The first kappa shape index (κ1) is 21.0. The monoisotopic (exact) mass is 459 g/mol. The Balaban J connectivity index is 1.51. The van der Waals surface area contributed by atoms with Crippen molar-refractivity contribution in [1.29, 1.82) is 0 Å². The normalized spacial score (nSPS) is 11.8. The van der Waals surface area contributed by atoms with Gasteiger partial charge in [-0.2, -0.15) is 5.10 Å². The van der Waals surface area contributed by atoms with Gasteiger partial charge >= 0.3 is 0 Å². The van der Waals surface area contributed by atoms with E-state index in [4.69, 9.17) is 5.11 Å². The van der Waals surface area contributed by atoms with Crippen LogP contribution in [0.2, 0.25) is 0 Å². The minimum absolute atomic E-state index is 0.171. The molecule has 0 bridgehead atoms. The lowest BCUT2D eigenvalue weighted by atomic mass is 9.99. The van der Waals surface area contributed by atoms with Crippen molar-refractivity contribution in [3.63, 3.8) is 0 Å². The highest BCUT2D eigenvalue weighted by Gasteiger charge is 2.14. The second-order valence-corrected chi connectivity index (χ2v) is 9.88. The number of nitrogens with one attached hydrogen (secondary N) is 2. The zero-order chi connectivity index (χ0) is 23.0. The van der Waals surface area contributed by atoms with E-state index in [1.807, 2.05) is 19.1 Å². The summed E-state index contributed by atoms with van der Waals surface area (Å²) in [5, 5.41) is 22.2. The van der Waals surface area contributed by atoms with Crippen molar-refractivity contribution >= 4 is 43.0 Å². The Hall–Kier alpha value is -3.82. The number of nitrogens with zero attached hydrogens (tertiary/aromatic N) is 3. The molecule has 3 heterocycles. The van der Waals surface area contributed by atoms with Crippen LogP contribution in [0.1, 0.15) is 5.56 Å². The third kappa shape index (κ3) is 4.04. The fourth-order valence-corrected chi connectivity index (χ4v) is 4.86. The molecule has 2 aromatic carbocycles. The van der Waals surface area contributed by atoms with Gasteiger partial charge in [0, 0.05) is 39.8 Å². The zero-order valence-corrected chi connectivity index (χ0v) is 18.6. The summed E-state index contributed by atoms with van der Waals surface area (Å²) in [6.07, 6.45) is 5.36. The van der Waals surface area contributed by atoms with Gasteiger partial charge in [-0.1, -0.05) is 0 Å². The molecule has 0 saturated heterocycles. The number of aromatic amines is 1. The molecule has 3 N–H and O–H groups in total. The molecule has 8 nitrogen and oxygen atoms in total. The van der Waals surface area contributed by atoms with E-state index >= 15 is 0 Å². The number of sulfone groups is 1. The fourth-order valence-electron chi connectivity index (χ4n) is 3.83. The first-order valence-electron chi connectivity index (χ1n) is 10.3. The topological polar surface area (TPSA) is 121 Å². The van der Waals surface area contributed by atoms with Crippen molar-refractivity contribution in [2.45, 2.75) is 11.8 Å². The maximum Gasteiger partial charge on any atom is 0.180 e. The maximum atomic E-state index is 12.1. The lowest BCUT2D eigenvalue weighted by Gasteiger charge is -2.12. The van der Waals surface area contributed by atoms with Gasteiger partial charge in [0.05, 0.1) is 34.7 Å². The Morgan fingerprint density at radius 1 is 1.00 bits per heavy atom. The van der Waals surface area contributed by atoms with Crippen molar-refractivity contribution in [3.8, 4) is 11.3 Å². The van der Waals surface area contributed by atoms with Gasteiger partial charge in [0.1, 0.15) is 5.82 Å². The molecule has 33 heavy (non-hydrogen) atoms. The largest absolute Gasteiger partial charge is 0.395 e. The maximum absolute atomic E-state index is 12.1. The predicted octanol–water partition coefficient (Wildman–Crippen LogP) is 3.99. The Labute approximate surface area is 190 Å². The van der Waals surface area contributed by atoms with Crippen LogP contribution in [0.3, 0.4) is 0 Å². The van der Waals surface area contributed by atoms with Gasteiger partial charge < -0.3 is 10.4 Å². The van der Waals surface area contributed by atoms with Crippen molar-refractivity contribution in [3.05, 3.63) is 72.7 Å². The number of pyridine rings is 2. The SMILES string of the molecule is Cc1cc2[nH]ncc2cc1-c1nccc2cnc(Nc3ccc(S(=O)(=O)CCO)cc3)cc12. The lowest BCUT2D eigenvalue weighted by Crippen LogP contribution is -2.09. The van der Waals surface area contributed by atoms with E-state index in [2.05, 4.69) is 37.6 Å². The number of aromatic nitrogens is 4. The van der Waals surface area contributed by atoms with E-state index < -0.39 is 16.4 Å². The molecule has 5 rings (SSSR count). The van der Waals surface area contributed by atoms with Crippen LogP contribution >= 0.6 is 0 Å². The highest BCUT2D eigenvalue weighted by molar-refractivity contribution is 7.91. The molecule has 0 saturated carbocycles. The van der Waals surface area contributed by atoms with Gasteiger partial charge in [0.15, 0.2) is 9.84 Å². The van der Waals surface area contributed by atoms with Crippen LogP contribution in [0.25, 0.3) is 32.9 Å². The number of hydrogen-bond acceptors (Lipinski definition) is 7. The molecule has 0 spiro atoms. The summed E-state index contributed by atoms with van der Waals surface area (Å²) in [5.74, 6) is 0.316. The van der Waals surface area contributed by atoms with Crippen LogP contribution in [0.15, 0.2) is 72.0 Å². The summed E-state index contributed by atoms with van der Waals surface area (Å²) in [5.41, 5.74) is 4.63. The molecule has 0 aliphatic rings. The average Bonchev–Trinajstić information content (AvgIpc) is 3.26. The number of fused-ring (bicyclic) bond motifs is 2. The van der Waals surface area contributed by atoms with Crippen LogP contribution in [0.4, 0.5) is 11.5 Å². The van der Waals surface area contributed by atoms with E-state index in [0.717, 1.165) is 38.5 Å². The standard InChI is InChI=1S/C24H21N5O3S/c1-15-10-22-17(14-27-29-22)11-20(15)24-21-12-23(26-13-16(21)6-7-25-24)28-18-2-4-19(5-3-18)33(31,32)9-8-30/h2-7,10-14,30H,8-9H2,1H3,(H,26,28)(H,27,29). The van der Waals surface area contributed by atoms with Crippen LogP contribution in [-0.2, 0) is 9.84 Å². The molecule has 3 aromatic heterocycles. The Kier molecular flexibility index (Phi) is 5.27. The molecular weight excluding hydrogens is 438 g/mol. The minimum Gasteiger partial charge on any atom is -0.395 e. The number of hydrogen-bond donors (Lipinski definition) is 3. The number of aliphatic hydroxyl groups excluding tert-OH is 1. The fraction of sp³-hybridized carbons (Fsp3) is 0.125. The molecule has 0 fully saturated rings. The van der Waals surface area contributed by atoms with Crippen molar-refractivity contribution in [2.75, 3.05) is 17.7 Å². The number of H-pyrrole nitrogens is 1. The molecule has 0 radical (unpaired) electrons. The smallest absolute Gasteiger partial charge is 0.180 e. The van der Waals surface area contributed by atoms with Gasteiger partial charge in [-0.25, -0.2) is 13.4 Å². The van der Waals surface area contributed by atoms with E-state index in [-0.39, 0.29) is 10.6 Å². The van der Waals surface area contributed by atoms with Gasteiger partial charge in [-0.15, -0.1) is 0 Å². The van der Waals surface area contributed by atoms with E-state index in [1.54, 1.807) is 30.7 Å². The molecule has 0 unspecified atom stereocenters. The second-order valence-electron chi connectivity index (χ2n) is 7.77. The van der Waals surface area contributed by atoms with Crippen LogP contribution in [0, 0.1) is 6.92 Å². The van der Waals surface area contributed by atoms with Gasteiger partial charge in [0.2, 0.25) is 0 Å². The quantitative estimate of drug-likeness (QED) is 0.351. The first-order valence-corrected chi connectivity index (χ1v) is 12.0. The molecule has 0 atom stereocenters. The highest BCUT2D eigenvalue weighted by atomic mass is 32.2. The molecule has 166 valence electrons. The van der Waals surface area contributed by atoms with Crippen LogP contribution in [0.5, 0.6) is 0 Å². The second kappa shape index (κ2) is 8.27. The summed E-state index contributed by atoms with van der Waals surface area (Å²) in [4.78, 5) is 9.33. The Morgan fingerprint density at radius 3 is 2.61 bits per heavy atom. The summed E-state index contributed by atoms with van der Waals surface area (Å²) in [6, 6.07) is 14.4. The summed E-state index contributed by atoms with van der Waals surface area (Å²) in [7, 11) is -3.49. The average molecular weight is 460 g/mol. The lowest BCUT2D eigenvalue weighted by molar-refractivity contribution is 0.319. The number of aliphatic hydroxyl groups is 1. The molecular formula is C24H21N5O3S. The zero-order valence-electron chi connectivity index (χ0n) is 17.8. The highest BCUT2D eigenvalue weighted by Crippen LogP contribution is 2.32. The predicted molar refractivity (Wildman–Crippen MR) is 128 cm³/mol. The summed E-state index contributed by atoms with van der Waals surface area (Å²) >= 11 is 0. The number of aryl methyl sites for hydroxylation is 1. The molecule has 9 heteroatoms. The van der Waals surface area contributed by atoms with Crippen molar-refractivity contribution in [1.82, 2.24) is 20.2 Å². The minimum atomic E-state index is -3.49. The van der Waals surface area contributed by atoms with Crippen molar-refractivity contribution < 1.29 is 13.5 Å². The van der Waals surface area contributed by atoms with E-state index in [9.17, 15) is 8.42 Å². The summed E-state index contributed by atoms with van der Waals surface area (Å²) < 4.78 is 24.2. The molecule has 5 aromatic rings. The number of benzene rings is 2. The van der Waals surface area contributed by atoms with E-state index in [1.165, 1.54) is 12.1 Å². The van der Waals surface area contributed by atoms with Gasteiger partial charge in [0.25, 0.3) is 0 Å². The number of anilines is 2. The third-order valence-electron chi connectivity index (χ3n) is 5.53.